The molecule has 1 fully saturated rings. The Kier molecular flexibility index (Phi) is 4.58. The van der Waals surface area contributed by atoms with E-state index in [1.807, 2.05) is 0 Å². The van der Waals surface area contributed by atoms with E-state index in [-0.39, 0.29) is 17.5 Å². The summed E-state index contributed by atoms with van der Waals surface area (Å²) in [7, 11) is 1.75. The number of anilines is 3. The van der Waals surface area contributed by atoms with E-state index >= 15 is 0 Å². The van der Waals surface area contributed by atoms with E-state index in [2.05, 4.69) is 31.0 Å². The number of nitrogens with one attached hydrogen (secondary N) is 3. The molecule has 0 atom stereocenters. The van der Waals surface area contributed by atoms with E-state index in [9.17, 15) is 9.59 Å². The van der Waals surface area contributed by atoms with Gasteiger partial charge in [0.05, 0.1) is 18.1 Å². The van der Waals surface area contributed by atoms with Gasteiger partial charge in [-0.25, -0.2) is 4.98 Å². The van der Waals surface area contributed by atoms with Crippen LogP contribution in [0.1, 0.15) is 23.2 Å². The van der Waals surface area contributed by atoms with Gasteiger partial charge in [-0.1, -0.05) is 0 Å². The molecule has 0 aliphatic heterocycles. The van der Waals surface area contributed by atoms with Crippen LogP contribution >= 0.6 is 0 Å². The van der Waals surface area contributed by atoms with Crippen molar-refractivity contribution in [2.75, 3.05) is 17.7 Å². The topological polar surface area (TPSA) is 118 Å². The van der Waals surface area contributed by atoms with Crippen molar-refractivity contribution in [2.45, 2.75) is 18.9 Å². The van der Waals surface area contributed by atoms with Gasteiger partial charge >= 0.3 is 0 Å². The fourth-order valence-electron chi connectivity index (χ4n) is 3.28. The molecular formula is C21H20N8O2. The number of carbonyl (C=O) groups excluding carboxylic acids is 1. The summed E-state index contributed by atoms with van der Waals surface area (Å²) in [5, 5.41) is 13.4. The Bertz CT molecular complexity index is 1320. The quantitative estimate of drug-likeness (QED) is 0.440. The summed E-state index contributed by atoms with van der Waals surface area (Å²) < 4.78 is 3.06. The normalized spacial score (nSPS) is 13.2. The molecule has 0 radical (unpaired) electrons. The summed E-state index contributed by atoms with van der Waals surface area (Å²) in [4.78, 5) is 34.2. The molecule has 4 aromatic heterocycles. The van der Waals surface area contributed by atoms with Crippen LogP contribution in [0.25, 0.3) is 11.3 Å². The summed E-state index contributed by atoms with van der Waals surface area (Å²) in [6, 6.07) is 8.97. The highest BCUT2D eigenvalue weighted by atomic mass is 16.2. The minimum absolute atomic E-state index is 0.206. The fourth-order valence-corrected chi connectivity index (χ4v) is 3.28. The maximum absolute atomic E-state index is 13.0. The lowest BCUT2D eigenvalue weighted by Crippen LogP contribution is -2.25. The molecule has 1 amide bonds. The molecule has 3 N–H and O–H groups in total. The first-order chi connectivity index (χ1) is 15.1. The van der Waals surface area contributed by atoms with Crippen molar-refractivity contribution in [2.24, 2.45) is 0 Å². The molecule has 4 heterocycles. The van der Waals surface area contributed by atoms with Crippen molar-refractivity contribution in [3.05, 3.63) is 71.0 Å². The van der Waals surface area contributed by atoms with Crippen LogP contribution in [-0.4, -0.2) is 43.1 Å². The van der Waals surface area contributed by atoms with E-state index in [4.69, 9.17) is 0 Å². The van der Waals surface area contributed by atoms with Gasteiger partial charge in [-0.05, 0) is 37.1 Å². The van der Waals surface area contributed by atoms with Crippen LogP contribution in [-0.2, 0) is 0 Å². The zero-order valence-electron chi connectivity index (χ0n) is 16.7. The molecule has 1 aliphatic rings. The third-order valence-electron chi connectivity index (χ3n) is 5.02. The van der Waals surface area contributed by atoms with Crippen LogP contribution in [0.2, 0.25) is 0 Å². The first kappa shape index (κ1) is 18.8. The molecular weight excluding hydrogens is 396 g/mol. The van der Waals surface area contributed by atoms with Crippen LogP contribution in [0.5, 0.6) is 0 Å². The van der Waals surface area contributed by atoms with Crippen LogP contribution in [0, 0.1) is 0 Å². The molecule has 0 unspecified atom stereocenters. The molecule has 4 aromatic rings. The van der Waals surface area contributed by atoms with Gasteiger partial charge in [-0.15, -0.1) is 0 Å². The third-order valence-corrected chi connectivity index (χ3v) is 5.02. The molecule has 31 heavy (non-hydrogen) atoms. The Balaban J connectivity index is 1.53. The molecule has 0 bridgehead atoms. The number of nitrogens with zero attached hydrogens (tertiary/aromatic N) is 5. The van der Waals surface area contributed by atoms with Crippen molar-refractivity contribution in [3.63, 3.8) is 0 Å². The van der Waals surface area contributed by atoms with Gasteiger partial charge in [0.25, 0.3) is 11.5 Å². The van der Waals surface area contributed by atoms with E-state index in [0.29, 0.717) is 34.2 Å². The van der Waals surface area contributed by atoms with Crippen molar-refractivity contribution in [1.29, 1.82) is 0 Å². The number of rotatable bonds is 6. The number of hydrogen-bond acceptors (Lipinski definition) is 7. The molecule has 156 valence electrons. The Morgan fingerprint density at radius 3 is 2.81 bits per heavy atom. The molecule has 0 spiro atoms. The molecule has 5 rings (SSSR count). The highest BCUT2D eigenvalue weighted by molar-refractivity contribution is 6.00. The van der Waals surface area contributed by atoms with E-state index < -0.39 is 0 Å². The third kappa shape index (κ3) is 3.59. The summed E-state index contributed by atoms with van der Waals surface area (Å²) in [5.41, 5.74) is 1.53. The zero-order chi connectivity index (χ0) is 21.4. The maximum Gasteiger partial charge on any atom is 0.278 e. The largest absolute Gasteiger partial charge is 0.373 e. The lowest BCUT2D eigenvalue weighted by Gasteiger charge is -2.11. The lowest BCUT2D eigenvalue weighted by molar-refractivity contribution is 0.0952. The second-order valence-corrected chi connectivity index (χ2v) is 7.25. The minimum Gasteiger partial charge on any atom is -0.373 e. The number of pyridine rings is 2. The monoisotopic (exact) mass is 416 g/mol. The predicted octanol–water partition coefficient (Wildman–Crippen LogP) is 1.95. The van der Waals surface area contributed by atoms with Gasteiger partial charge in [0.15, 0.2) is 5.65 Å². The van der Waals surface area contributed by atoms with Gasteiger partial charge < -0.3 is 16.0 Å². The van der Waals surface area contributed by atoms with Crippen LogP contribution in [0.15, 0.2) is 59.9 Å². The highest BCUT2D eigenvalue weighted by Gasteiger charge is 2.26. The van der Waals surface area contributed by atoms with E-state index in [1.54, 1.807) is 60.5 Å². The second-order valence-electron chi connectivity index (χ2n) is 7.25. The second kappa shape index (κ2) is 7.56. The van der Waals surface area contributed by atoms with Crippen molar-refractivity contribution in [3.8, 4) is 5.69 Å². The minimum atomic E-state index is -0.247. The van der Waals surface area contributed by atoms with E-state index in [1.165, 1.54) is 10.8 Å². The smallest absolute Gasteiger partial charge is 0.278 e. The lowest BCUT2D eigenvalue weighted by atomic mass is 10.3. The molecule has 10 heteroatoms. The summed E-state index contributed by atoms with van der Waals surface area (Å²) >= 11 is 0. The molecule has 10 nitrogen and oxygen atoms in total. The van der Waals surface area contributed by atoms with Crippen molar-refractivity contribution in [1.82, 2.24) is 29.5 Å². The number of carbonyl (C=O) groups is 1. The summed E-state index contributed by atoms with van der Waals surface area (Å²) in [6.45, 7) is 0. The molecule has 0 aromatic carbocycles. The van der Waals surface area contributed by atoms with Crippen LogP contribution in [0.3, 0.4) is 0 Å². The first-order valence-electron chi connectivity index (χ1n) is 9.90. The number of aromatic nitrogens is 5. The number of amides is 1. The summed E-state index contributed by atoms with van der Waals surface area (Å²) in [6.07, 6.45) is 8.43. The standard InChI is InChI=1S/C21H20N8O2/c1-22-18-10-17(27-19-15(12-24-29(18)19)20(30)25-13-6-7-13)26-16-5-3-9-28(21(16)31)14-4-2-8-23-11-14/h2-5,8-13,22H,6-7H2,1H3,(H,25,30)(H,26,27). The van der Waals surface area contributed by atoms with E-state index in [0.717, 1.165) is 12.8 Å². The van der Waals surface area contributed by atoms with Crippen molar-refractivity contribution >= 4 is 28.9 Å². The Morgan fingerprint density at radius 1 is 1.19 bits per heavy atom. The summed E-state index contributed by atoms with van der Waals surface area (Å²) in [5.74, 6) is 0.836. The predicted molar refractivity (Wildman–Crippen MR) is 116 cm³/mol. The highest BCUT2D eigenvalue weighted by Crippen LogP contribution is 2.23. The Hall–Kier alpha value is -4.21. The fraction of sp³-hybridized carbons (Fsp3) is 0.190. The Labute approximate surface area is 177 Å². The zero-order valence-corrected chi connectivity index (χ0v) is 16.7. The maximum atomic E-state index is 13.0. The number of fused-ring (bicyclic) bond motifs is 1. The number of hydrogen-bond donors (Lipinski definition) is 3. The van der Waals surface area contributed by atoms with Crippen LogP contribution < -0.4 is 21.5 Å². The van der Waals surface area contributed by atoms with Gasteiger partial charge in [-0.3, -0.25) is 19.1 Å². The SMILES string of the molecule is CNc1cc(Nc2cccn(-c3cccnc3)c2=O)nc2c(C(=O)NC3CC3)cnn12. The average molecular weight is 416 g/mol. The van der Waals surface area contributed by atoms with Crippen molar-refractivity contribution < 1.29 is 4.79 Å². The average Bonchev–Trinajstić information content (AvgIpc) is 3.50. The molecule has 1 aliphatic carbocycles. The van der Waals surface area contributed by atoms with Gasteiger partial charge in [0.1, 0.15) is 22.9 Å². The molecule has 0 saturated heterocycles. The van der Waals surface area contributed by atoms with Crippen LogP contribution in [0.4, 0.5) is 17.3 Å². The first-order valence-corrected chi connectivity index (χ1v) is 9.90. The van der Waals surface area contributed by atoms with Gasteiger partial charge in [-0.2, -0.15) is 9.61 Å². The Morgan fingerprint density at radius 2 is 2.06 bits per heavy atom. The molecule has 1 saturated carbocycles. The van der Waals surface area contributed by atoms with Gasteiger partial charge in [0, 0.05) is 31.5 Å². The van der Waals surface area contributed by atoms with Gasteiger partial charge in [0.2, 0.25) is 0 Å².